The summed E-state index contributed by atoms with van der Waals surface area (Å²) in [5, 5.41) is 13.9. The van der Waals surface area contributed by atoms with Gasteiger partial charge in [0.1, 0.15) is 18.0 Å². The van der Waals surface area contributed by atoms with Crippen LogP contribution in [0, 0.1) is 5.82 Å². The molecule has 150 valence electrons. The van der Waals surface area contributed by atoms with Crippen molar-refractivity contribution in [3.63, 3.8) is 0 Å². The van der Waals surface area contributed by atoms with E-state index in [1.54, 1.807) is 18.3 Å². The molecule has 30 heavy (non-hydrogen) atoms. The molecule has 4 rings (SSSR count). The number of anilines is 3. The highest BCUT2D eigenvalue weighted by Gasteiger charge is 2.11. The van der Waals surface area contributed by atoms with Crippen LogP contribution in [0.4, 0.5) is 21.8 Å². The van der Waals surface area contributed by atoms with Crippen molar-refractivity contribution in [1.82, 2.24) is 19.9 Å². The Bertz CT molecular complexity index is 1140. The average molecular weight is 403 g/mol. The summed E-state index contributed by atoms with van der Waals surface area (Å²) in [6.07, 6.45) is 3.12. The maximum absolute atomic E-state index is 13.1. The molecule has 7 nitrogen and oxygen atoms in total. The Balaban J connectivity index is 1.55. The lowest BCUT2D eigenvalue weighted by atomic mass is 10.2. The van der Waals surface area contributed by atoms with E-state index in [9.17, 15) is 4.39 Å². The fourth-order valence-electron chi connectivity index (χ4n) is 2.89. The summed E-state index contributed by atoms with van der Waals surface area (Å²) in [7, 11) is 0. The van der Waals surface area contributed by atoms with E-state index in [-0.39, 0.29) is 12.4 Å². The van der Waals surface area contributed by atoms with E-state index in [0.29, 0.717) is 24.1 Å². The quantitative estimate of drug-likeness (QED) is 0.457. The van der Waals surface area contributed by atoms with E-state index in [1.807, 2.05) is 36.4 Å². The zero-order chi connectivity index (χ0) is 20.8. The van der Waals surface area contributed by atoms with Crippen LogP contribution in [0.2, 0.25) is 0 Å². The molecule has 0 unspecified atom stereocenters. The SMILES string of the molecule is [OH2+]Cc1cccc(Nc2ncnc(-c3cccnc3NCc3ccc(F)cc3)n2)c1. The summed E-state index contributed by atoms with van der Waals surface area (Å²) in [4.78, 5) is 17.4. The Labute approximate surface area is 172 Å². The molecule has 0 saturated carbocycles. The largest absolute Gasteiger partial charge is 0.442 e. The Morgan fingerprint density at radius 3 is 2.60 bits per heavy atom. The van der Waals surface area contributed by atoms with Crippen molar-refractivity contribution in [3.05, 3.63) is 90.1 Å². The minimum absolute atomic E-state index is 0.205. The number of hydrogen-bond acceptors (Lipinski definition) is 6. The van der Waals surface area contributed by atoms with E-state index < -0.39 is 0 Å². The first-order valence-corrected chi connectivity index (χ1v) is 9.34. The molecule has 2 aromatic heterocycles. The Morgan fingerprint density at radius 1 is 0.900 bits per heavy atom. The van der Waals surface area contributed by atoms with Crippen LogP contribution in [-0.2, 0) is 13.2 Å². The molecule has 0 spiro atoms. The van der Waals surface area contributed by atoms with Crippen LogP contribution >= 0.6 is 0 Å². The third kappa shape index (κ3) is 4.73. The van der Waals surface area contributed by atoms with E-state index >= 15 is 0 Å². The van der Waals surface area contributed by atoms with E-state index in [4.69, 9.17) is 5.11 Å². The molecule has 8 heteroatoms. The fraction of sp³-hybridized carbons (Fsp3) is 0.0909. The van der Waals surface area contributed by atoms with E-state index in [1.165, 1.54) is 18.5 Å². The molecular weight excluding hydrogens is 383 g/mol. The maximum atomic E-state index is 13.1. The van der Waals surface area contributed by atoms with Gasteiger partial charge in [-0.2, -0.15) is 4.98 Å². The van der Waals surface area contributed by atoms with Gasteiger partial charge in [0.25, 0.3) is 0 Å². The van der Waals surface area contributed by atoms with Gasteiger partial charge >= 0.3 is 0 Å². The van der Waals surface area contributed by atoms with Crippen LogP contribution < -0.4 is 10.6 Å². The van der Waals surface area contributed by atoms with Gasteiger partial charge < -0.3 is 15.7 Å². The van der Waals surface area contributed by atoms with Gasteiger partial charge in [-0.05, 0) is 42.0 Å². The van der Waals surface area contributed by atoms with Gasteiger partial charge in [-0.1, -0.05) is 24.3 Å². The lowest BCUT2D eigenvalue weighted by molar-refractivity contribution is 0.282. The van der Waals surface area contributed by atoms with Crippen LogP contribution in [0.3, 0.4) is 0 Å². The molecule has 0 aliphatic heterocycles. The van der Waals surface area contributed by atoms with E-state index in [0.717, 1.165) is 22.4 Å². The molecule has 0 aliphatic rings. The first kappa shape index (κ1) is 19.4. The molecule has 4 N–H and O–H groups in total. The second-order valence-electron chi connectivity index (χ2n) is 6.51. The Kier molecular flexibility index (Phi) is 5.86. The monoisotopic (exact) mass is 403 g/mol. The summed E-state index contributed by atoms with van der Waals surface area (Å²) in [6.45, 7) is 0.692. The lowest BCUT2D eigenvalue weighted by Gasteiger charge is -2.11. The van der Waals surface area contributed by atoms with Crippen LogP contribution in [0.25, 0.3) is 11.4 Å². The summed E-state index contributed by atoms with van der Waals surface area (Å²) in [5.74, 6) is 1.22. The van der Waals surface area contributed by atoms with Gasteiger partial charge in [0.05, 0.1) is 5.56 Å². The molecule has 0 fully saturated rings. The number of hydrogen-bond donors (Lipinski definition) is 2. The van der Waals surface area contributed by atoms with Crippen molar-refractivity contribution < 1.29 is 9.50 Å². The Morgan fingerprint density at radius 2 is 1.77 bits per heavy atom. The van der Waals surface area contributed by atoms with Gasteiger partial charge in [0.2, 0.25) is 5.95 Å². The third-order valence-corrected chi connectivity index (χ3v) is 4.38. The number of rotatable bonds is 7. The van der Waals surface area contributed by atoms with Crippen LogP contribution in [0.5, 0.6) is 0 Å². The normalized spacial score (nSPS) is 10.6. The van der Waals surface area contributed by atoms with Crippen LogP contribution in [0.15, 0.2) is 73.2 Å². The number of nitrogens with one attached hydrogen (secondary N) is 2. The van der Waals surface area contributed by atoms with Crippen molar-refractivity contribution in [1.29, 1.82) is 0 Å². The highest BCUT2D eigenvalue weighted by atomic mass is 19.1. The smallest absolute Gasteiger partial charge is 0.230 e. The van der Waals surface area contributed by atoms with Gasteiger partial charge in [-0.25, -0.2) is 19.3 Å². The molecule has 0 saturated heterocycles. The third-order valence-electron chi connectivity index (χ3n) is 4.38. The number of benzene rings is 2. The van der Waals surface area contributed by atoms with Crippen LogP contribution in [-0.4, -0.2) is 25.0 Å². The first-order chi connectivity index (χ1) is 14.7. The number of pyridine rings is 1. The van der Waals surface area contributed by atoms with Crippen LogP contribution in [0.1, 0.15) is 11.1 Å². The average Bonchev–Trinajstić information content (AvgIpc) is 2.79. The highest BCUT2D eigenvalue weighted by Crippen LogP contribution is 2.24. The fourth-order valence-corrected chi connectivity index (χ4v) is 2.89. The predicted molar refractivity (Wildman–Crippen MR) is 114 cm³/mol. The van der Waals surface area contributed by atoms with Crippen molar-refractivity contribution >= 4 is 17.5 Å². The highest BCUT2D eigenvalue weighted by molar-refractivity contribution is 5.70. The minimum atomic E-state index is -0.268. The lowest BCUT2D eigenvalue weighted by Crippen LogP contribution is -2.05. The summed E-state index contributed by atoms with van der Waals surface area (Å²) >= 11 is 0. The molecule has 0 atom stereocenters. The predicted octanol–water partition coefficient (Wildman–Crippen LogP) is 3.65. The molecule has 4 aromatic rings. The number of halogens is 1. The number of nitrogens with zero attached hydrogens (tertiary/aromatic N) is 4. The first-order valence-electron chi connectivity index (χ1n) is 9.34. The Hall–Kier alpha value is -3.91. The van der Waals surface area contributed by atoms with Crippen molar-refractivity contribution in [2.45, 2.75) is 13.2 Å². The maximum Gasteiger partial charge on any atom is 0.230 e. The zero-order valence-corrected chi connectivity index (χ0v) is 16.0. The standard InChI is InChI=1S/C22H19FN6O/c23-17-8-6-15(7-9-17)12-25-20-19(5-2-10-24-20)21-26-14-27-22(29-21)28-18-4-1-3-16(11-18)13-30/h1-11,14,30H,12-13H2,(H,24,25)(H,26,27,28,29)/p+1. The van der Waals surface area contributed by atoms with E-state index in [2.05, 4.69) is 30.6 Å². The van der Waals surface area contributed by atoms with Gasteiger partial charge in [-0.3, -0.25) is 0 Å². The zero-order valence-electron chi connectivity index (χ0n) is 16.0. The summed E-state index contributed by atoms with van der Waals surface area (Å²) < 4.78 is 13.1. The second kappa shape index (κ2) is 9.06. The molecule has 0 radical (unpaired) electrons. The molecular formula is C22H20FN6O+. The van der Waals surface area contributed by atoms with Crippen molar-refractivity contribution in [2.24, 2.45) is 0 Å². The summed E-state index contributed by atoms with van der Waals surface area (Å²) in [6, 6.07) is 17.5. The molecule has 2 aromatic carbocycles. The van der Waals surface area contributed by atoms with Crippen molar-refractivity contribution in [2.75, 3.05) is 10.6 Å². The second-order valence-corrected chi connectivity index (χ2v) is 6.51. The van der Waals surface area contributed by atoms with Gasteiger partial charge in [0.15, 0.2) is 12.4 Å². The summed E-state index contributed by atoms with van der Waals surface area (Å²) in [5.41, 5.74) is 3.36. The molecule has 0 amide bonds. The van der Waals surface area contributed by atoms with Gasteiger partial charge in [-0.15, -0.1) is 0 Å². The molecule has 0 bridgehead atoms. The molecule has 2 heterocycles. The van der Waals surface area contributed by atoms with Crippen molar-refractivity contribution in [3.8, 4) is 11.4 Å². The number of aromatic nitrogens is 4. The molecule has 0 aliphatic carbocycles. The minimum Gasteiger partial charge on any atom is -0.442 e. The topological polar surface area (TPSA) is 98.5 Å². The van der Waals surface area contributed by atoms with Gasteiger partial charge in [0, 0.05) is 24.0 Å².